The van der Waals surface area contributed by atoms with Crippen LogP contribution in [0.3, 0.4) is 0 Å². The maximum absolute atomic E-state index is 11.8. The van der Waals surface area contributed by atoms with Gasteiger partial charge in [-0.25, -0.2) is 17.9 Å². The average Bonchev–Trinajstić information content (AvgIpc) is 2.95. The van der Waals surface area contributed by atoms with Gasteiger partial charge < -0.3 is 14.0 Å². The standard InChI is InChI=1S/C9H9N3O6S/c1-5-11-7(12-18-5)4-10-19(15,16)8-3-2-6(17-8)9(13)14/h2-3,10H,4H2,1H3,(H,13,14). The molecule has 2 heterocycles. The van der Waals surface area contributed by atoms with E-state index in [1.807, 2.05) is 0 Å². The molecule has 2 N–H and O–H groups in total. The quantitative estimate of drug-likeness (QED) is 0.793. The van der Waals surface area contributed by atoms with Crippen molar-refractivity contribution in [1.29, 1.82) is 0 Å². The molecule has 0 amide bonds. The smallest absolute Gasteiger partial charge is 0.371 e. The summed E-state index contributed by atoms with van der Waals surface area (Å²) in [5.41, 5.74) is 0. The van der Waals surface area contributed by atoms with Gasteiger partial charge in [0.15, 0.2) is 5.82 Å². The summed E-state index contributed by atoms with van der Waals surface area (Å²) < 4.78 is 35.0. The molecule has 0 saturated heterocycles. The summed E-state index contributed by atoms with van der Waals surface area (Å²) in [6.45, 7) is 1.37. The Morgan fingerprint density at radius 3 is 2.74 bits per heavy atom. The minimum Gasteiger partial charge on any atom is -0.475 e. The molecule has 0 aromatic carbocycles. The number of sulfonamides is 1. The van der Waals surface area contributed by atoms with E-state index >= 15 is 0 Å². The van der Waals surface area contributed by atoms with Crippen LogP contribution in [-0.4, -0.2) is 29.6 Å². The van der Waals surface area contributed by atoms with Gasteiger partial charge in [0.2, 0.25) is 16.7 Å². The van der Waals surface area contributed by atoms with Gasteiger partial charge in [0, 0.05) is 6.92 Å². The van der Waals surface area contributed by atoms with Crippen LogP contribution < -0.4 is 4.72 Å². The van der Waals surface area contributed by atoms with Gasteiger partial charge in [-0.3, -0.25) is 0 Å². The van der Waals surface area contributed by atoms with Crippen LogP contribution in [-0.2, 0) is 16.6 Å². The highest BCUT2D eigenvalue weighted by Crippen LogP contribution is 2.14. The van der Waals surface area contributed by atoms with Crippen molar-refractivity contribution in [3.05, 3.63) is 29.6 Å². The molecule has 2 rings (SSSR count). The molecule has 0 fully saturated rings. The van der Waals surface area contributed by atoms with Crippen molar-refractivity contribution in [2.45, 2.75) is 18.6 Å². The minimum atomic E-state index is -3.96. The van der Waals surface area contributed by atoms with Gasteiger partial charge in [0.25, 0.3) is 10.0 Å². The Bertz CT molecular complexity index is 701. The summed E-state index contributed by atoms with van der Waals surface area (Å²) in [5.74, 6) is -1.35. The van der Waals surface area contributed by atoms with Gasteiger partial charge in [-0.15, -0.1) is 0 Å². The molecule has 0 radical (unpaired) electrons. The predicted molar refractivity (Wildman–Crippen MR) is 58.7 cm³/mol. The Balaban J connectivity index is 2.11. The van der Waals surface area contributed by atoms with Crippen LogP contribution >= 0.6 is 0 Å². The number of furan rings is 1. The van der Waals surface area contributed by atoms with E-state index in [-0.39, 0.29) is 12.4 Å². The molecule has 10 heteroatoms. The van der Waals surface area contributed by atoms with Crippen LogP contribution in [0.5, 0.6) is 0 Å². The molecule has 2 aromatic rings. The van der Waals surface area contributed by atoms with Crippen molar-refractivity contribution in [1.82, 2.24) is 14.9 Å². The number of aryl methyl sites for hydroxylation is 1. The molecule has 9 nitrogen and oxygen atoms in total. The fourth-order valence-electron chi connectivity index (χ4n) is 1.22. The van der Waals surface area contributed by atoms with E-state index in [0.29, 0.717) is 5.89 Å². The summed E-state index contributed by atoms with van der Waals surface area (Å²) in [6, 6.07) is 2.10. The van der Waals surface area contributed by atoms with Crippen molar-refractivity contribution < 1.29 is 27.3 Å². The lowest BCUT2D eigenvalue weighted by atomic mass is 10.5. The zero-order chi connectivity index (χ0) is 14.0. The molecule has 0 bridgehead atoms. The predicted octanol–water partition coefficient (Wildman–Crippen LogP) is 0.148. The molecule has 0 saturated carbocycles. The number of nitrogens with one attached hydrogen (secondary N) is 1. The van der Waals surface area contributed by atoms with E-state index < -0.39 is 26.8 Å². The number of nitrogens with zero attached hydrogens (tertiary/aromatic N) is 2. The highest BCUT2D eigenvalue weighted by molar-refractivity contribution is 7.89. The number of carboxylic acid groups (broad SMARTS) is 1. The lowest BCUT2D eigenvalue weighted by Crippen LogP contribution is -2.23. The zero-order valence-corrected chi connectivity index (χ0v) is 10.5. The summed E-state index contributed by atoms with van der Waals surface area (Å²) >= 11 is 0. The molecule has 0 aliphatic rings. The number of hydrogen-bond acceptors (Lipinski definition) is 7. The highest BCUT2D eigenvalue weighted by Gasteiger charge is 2.21. The van der Waals surface area contributed by atoms with E-state index in [9.17, 15) is 13.2 Å². The molecule has 0 spiro atoms. The third kappa shape index (κ3) is 2.98. The molecule has 102 valence electrons. The maximum Gasteiger partial charge on any atom is 0.371 e. The number of carboxylic acids is 1. The summed E-state index contributed by atoms with van der Waals surface area (Å²) in [5, 5.41) is 11.6. The van der Waals surface area contributed by atoms with Crippen LogP contribution in [0.1, 0.15) is 22.3 Å². The average molecular weight is 287 g/mol. The highest BCUT2D eigenvalue weighted by atomic mass is 32.2. The maximum atomic E-state index is 11.8. The molecular weight excluding hydrogens is 278 g/mol. The van der Waals surface area contributed by atoms with Crippen molar-refractivity contribution in [2.75, 3.05) is 0 Å². The van der Waals surface area contributed by atoms with E-state index in [1.54, 1.807) is 6.92 Å². The van der Waals surface area contributed by atoms with Crippen LogP contribution in [0.25, 0.3) is 0 Å². The Kier molecular flexibility index (Phi) is 3.36. The van der Waals surface area contributed by atoms with Crippen LogP contribution in [0.4, 0.5) is 0 Å². The third-order valence-electron chi connectivity index (χ3n) is 2.05. The van der Waals surface area contributed by atoms with E-state index in [0.717, 1.165) is 12.1 Å². The van der Waals surface area contributed by atoms with Crippen molar-refractivity contribution in [2.24, 2.45) is 0 Å². The second-order valence-corrected chi connectivity index (χ2v) is 5.18. The number of aromatic carboxylic acids is 1. The number of rotatable bonds is 5. The molecule has 0 aliphatic carbocycles. The van der Waals surface area contributed by atoms with Crippen molar-refractivity contribution >= 4 is 16.0 Å². The van der Waals surface area contributed by atoms with Gasteiger partial charge >= 0.3 is 5.97 Å². The Labute approximate surface area is 107 Å². The topological polar surface area (TPSA) is 136 Å². The first kappa shape index (κ1) is 13.2. The zero-order valence-electron chi connectivity index (χ0n) is 9.65. The first-order chi connectivity index (χ1) is 8.88. The fraction of sp³-hybridized carbons (Fsp3) is 0.222. The lowest BCUT2D eigenvalue weighted by Gasteiger charge is -2.00. The molecule has 0 atom stereocenters. The second kappa shape index (κ2) is 4.82. The van der Waals surface area contributed by atoms with Gasteiger partial charge in [-0.05, 0) is 12.1 Å². The van der Waals surface area contributed by atoms with Crippen molar-refractivity contribution in [3.8, 4) is 0 Å². The summed E-state index contributed by atoms with van der Waals surface area (Å²) in [4.78, 5) is 14.4. The monoisotopic (exact) mass is 287 g/mol. The second-order valence-electron chi connectivity index (χ2n) is 3.48. The van der Waals surface area contributed by atoms with Gasteiger partial charge in [-0.1, -0.05) is 5.16 Å². The fourth-order valence-corrected chi connectivity index (χ4v) is 2.13. The lowest BCUT2D eigenvalue weighted by molar-refractivity contribution is 0.0656. The molecule has 0 aliphatic heterocycles. The van der Waals surface area contributed by atoms with Gasteiger partial charge in [0.05, 0.1) is 6.54 Å². The van der Waals surface area contributed by atoms with Gasteiger partial charge in [0.1, 0.15) is 0 Å². The third-order valence-corrected chi connectivity index (χ3v) is 3.32. The molecule has 19 heavy (non-hydrogen) atoms. The molecule has 0 unspecified atom stereocenters. The van der Waals surface area contributed by atoms with E-state index in [1.165, 1.54) is 0 Å². The molecular formula is C9H9N3O6S. The largest absolute Gasteiger partial charge is 0.475 e. The number of aromatic nitrogens is 2. The SMILES string of the molecule is Cc1nc(CNS(=O)(=O)c2ccc(C(=O)O)o2)no1. The van der Waals surface area contributed by atoms with E-state index in [4.69, 9.17) is 5.11 Å². The molecule has 2 aromatic heterocycles. The Morgan fingerprint density at radius 2 is 2.21 bits per heavy atom. The minimum absolute atomic E-state index is 0.158. The first-order valence-corrected chi connectivity index (χ1v) is 6.49. The summed E-state index contributed by atoms with van der Waals surface area (Å²) in [6.07, 6.45) is 0. The number of hydrogen-bond donors (Lipinski definition) is 2. The van der Waals surface area contributed by atoms with Crippen LogP contribution in [0.15, 0.2) is 26.2 Å². The number of carbonyl (C=O) groups is 1. The van der Waals surface area contributed by atoms with Crippen molar-refractivity contribution in [3.63, 3.8) is 0 Å². The Hall–Kier alpha value is -2.20. The first-order valence-electron chi connectivity index (χ1n) is 5.00. The van der Waals surface area contributed by atoms with Crippen LogP contribution in [0.2, 0.25) is 0 Å². The normalized spacial score (nSPS) is 11.6. The van der Waals surface area contributed by atoms with E-state index in [2.05, 4.69) is 23.8 Å². The van der Waals surface area contributed by atoms with Gasteiger partial charge in [-0.2, -0.15) is 4.98 Å². The summed E-state index contributed by atoms with van der Waals surface area (Å²) in [7, 11) is -3.96. The Morgan fingerprint density at radius 1 is 1.47 bits per heavy atom. The van der Waals surface area contributed by atoms with Crippen LogP contribution in [0, 0.1) is 6.92 Å².